The molecule has 2 atom stereocenters. The Morgan fingerprint density at radius 1 is 1.33 bits per heavy atom. The molecule has 1 saturated heterocycles. The molecule has 2 N–H and O–H groups in total. The van der Waals surface area contributed by atoms with Crippen LogP contribution in [0.3, 0.4) is 0 Å². The van der Waals surface area contributed by atoms with Crippen molar-refractivity contribution in [3.05, 3.63) is 41.6 Å². The fraction of sp³-hybridized carbons (Fsp3) is 0.375. The summed E-state index contributed by atoms with van der Waals surface area (Å²) < 4.78 is 0. The summed E-state index contributed by atoms with van der Waals surface area (Å²) in [4.78, 5) is 19.1. The zero-order chi connectivity index (χ0) is 14.3. The summed E-state index contributed by atoms with van der Waals surface area (Å²) in [7, 11) is 0. The minimum Gasteiger partial charge on any atom is -0.337 e. The number of benzene rings is 1. The third-order valence-corrected chi connectivity index (χ3v) is 4.03. The van der Waals surface area contributed by atoms with Crippen LogP contribution >= 0.6 is 12.4 Å². The number of hydrogen-bond acceptors (Lipinski definition) is 3. The number of rotatable bonds is 1. The summed E-state index contributed by atoms with van der Waals surface area (Å²) >= 11 is 0. The number of likely N-dealkylation sites (tertiary alicyclic amines) is 1. The second-order valence-corrected chi connectivity index (χ2v) is 5.68. The van der Waals surface area contributed by atoms with Gasteiger partial charge in [-0.2, -0.15) is 0 Å². The number of aromatic nitrogens is 1. The first-order valence-corrected chi connectivity index (χ1v) is 6.97. The number of aryl methyl sites for hydroxylation is 1. The number of fused-ring (bicyclic) bond motifs is 1. The molecule has 2 unspecified atom stereocenters. The Kier molecular flexibility index (Phi) is 4.49. The third-order valence-electron chi connectivity index (χ3n) is 4.03. The quantitative estimate of drug-likeness (QED) is 0.880. The molecule has 112 valence electrons. The molecule has 2 aromatic rings. The average Bonchev–Trinajstić information content (AvgIpc) is 2.77. The van der Waals surface area contributed by atoms with Gasteiger partial charge in [0, 0.05) is 30.2 Å². The number of nitrogens with zero attached hydrogens (tertiary/aromatic N) is 2. The highest BCUT2D eigenvalue weighted by Crippen LogP contribution is 2.23. The summed E-state index contributed by atoms with van der Waals surface area (Å²) in [5.41, 5.74) is 8.48. The van der Waals surface area contributed by atoms with E-state index in [0.717, 1.165) is 28.7 Å². The maximum absolute atomic E-state index is 12.7. The van der Waals surface area contributed by atoms with E-state index < -0.39 is 0 Å². The number of halogens is 1. The van der Waals surface area contributed by atoms with Crippen molar-refractivity contribution >= 4 is 29.2 Å². The summed E-state index contributed by atoms with van der Waals surface area (Å²) in [6.07, 6.45) is 0. The van der Waals surface area contributed by atoms with E-state index in [-0.39, 0.29) is 24.4 Å². The Bertz CT molecular complexity index is 664. The zero-order valence-corrected chi connectivity index (χ0v) is 13.1. The SMILES string of the molecule is Cc1cc(C(=O)N2CC(C)C(N)C2)c2ccccc2n1.Cl. The van der Waals surface area contributed by atoms with Gasteiger partial charge in [0.2, 0.25) is 0 Å². The lowest BCUT2D eigenvalue weighted by molar-refractivity contribution is 0.0788. The molecule has 21 heavy (non-hydrogen) atoms. The van der Waals surface area contributed by atoms with Gasteiger partial charge in [-0.1, -0.05) is 25.1 Å². The Hall–Kier alpha value is -1.65. The Balaban J connectivity index is 0.00000161. The van der Waals surface area contributed by atoms with E-state index in [9.17, 15) is 4.79 Å². The minimum absolute atomic E-state index is 0. The maximum Gasteiger partial charge on any atom is 0.254 e. The van der Waals surface area contributed by atoms with E-state index in [1.54, 1.807) is 0 Å². The van der Waals surface area contributed by atoms with Crippen molar-refractivity contribution in [1.82, 2.24) is 9.88 Å². The van der Waals surface area contributed by atoms with Crippen LogP contribution in [-0.4, -0.2) is 34.9 Å². The lowest BCUT2D eigenvalue weighted by atomic mass is 10.1. The van der Waals surface area contributed by atoms with Gasteiger partial charge in [-0.3, -0.25) is 9.78 Å². The van der Waals surface area contributed by atoms with E-state index in [2.05, 4.69) is 11.9 Å². The first-order chi connectivity index (χ1) is 9.56. The topological polar surface area (TPSA) is 59.2 Å². The molecule has 1 fully saturated rings. The van der Waals surface area contributed by atoms with E-state index >= 15 is 0 Å². The molecule has 0 radical (unpaired) electrons. The molecule has 4 nitrogen and oxygen atoms in total. The number of para-hydroxylation sites is 1. The molecule has 0 spiro atoms. The highest BCUT2D eigenvalue weighted by Gasteiger charge is 2.31. The van der Waals surface area contributed by atoms with Crippen molar-refractivity contribution in [2.75, 3.05) is 13.1 Å². The lowest BCUT2D eigenvalue weighted by Gasteiger charge is -2.17. The van der Waals surface area contributed by atoms with Crippen LogP contribution in [0.1, 0.15) is 23.0 Å². The molecule has 1 aliphatic rings. The standard InChI is InChI=1S/C16H19N3O.ClH/c1-10-8-19(9-14(10)17)16(20)13-7-11(2)18-15-6-4-3-5-12(13)15;/h3-7,10,14H,8-9,17H2,1-2H3;1H. The number of amides is 1. The summed E-state index contributed by atoms with van der Waals surface area (Å²) in [5.74, 6) is 0.416. The van der Waals surface area contributed by atoms with Crippen molar-refractivity contribution < 1.29 is 4.79 Å². The molecule has 1 aromatic heterocycles. The smallest absolute Gasteiger partial charge is 0.254 e. The first-order valence-electron chi connectivity index (χ1n) is 6.97. The molecule has 2 heterocycles. The largest absolute Gasteiger partial charge is 0.337 e. The lowest BCUT2D eigenvalue weighted by Crippen LogP contribution is -2.32. The van der Waals surface area contributed by atoms with Crippen molar-refractivity contribution in [3.8, 4) is 0 Å². The van der Waals surface area contributed by atoms with Crippen LogP contribution < -0.4 is 5.73 Å². The van der Waals surface area contributed by atoms with Gasteiger partial charge >= 0.3 is 0 Å². The number of carbonyl (C=O) groups excluding carboxylic acids is 1. The van der Waals surface area contributed by atoms with Crippen LogP contribution in [-0.2, 0) is 0 Å². The molecule has 1 amide bonds. The molecule has 3 rings (SSSR count). The van der Waals surface area contributed by atoms with E-state index in [1.165, 1.54) is 0 Å². The number of hydrogen-bond donors (Lipinski definition) is 1. The predicted octanol–water partition coefficient (Wildman–Crippen LogP) is 2.38. The first kappa shape index (κ1) is 15.7. The monoisotopic (exact) mass is 305 g/mol. The van der Waals surface area contributed by atoms with Gasteiger partial charge in [0.1, 0.15) is 0 Å². The Morgan fingerprint density at radius 2 is 2.05 bits per heavy atom. The zero-order valence-electron chi connectivity index (χ0n) is 12.2. The number of pyridine rings is 1. The van der Waals surface area contributed by atoms with Crippen LogP contribution in [0.15, 0.2) is 30.3 Å². The molecule has 5 heteroatoms. The maximum atomic E-state index is 12.7. The fourth-order valence-electron chi connectivity index (χ4n) is 2.81. The van der Waals surface area contributed by atoms with Crippen LogP contribution in [0.4, 0.5) is 0 Å². The van der Waals surface area contributed by atoms with Crippen LogP contribution in [0.2, 0.25) is 0 Å². The molecule has 1 aromatic carbocycles. The Morgan fingerprint density at radius 3 is 2.71 bits per heavy atom. The summed E-state index contributed by atoms with van der Waals surface area (Å²) in [5, 5.41) is 0.913. The highest BCUT2D eigenvalue weighted by molar-refractivity contribution is 6.06. The van der Waals surface area contributed by atoms with Gasteiger partial charge in [-0.15, -0.1) is 12.4 Å². The van der Waals surface area contributed by atoms with Gasteiger partial charge in [-0.25, -0.2) is 0 Å². The molecular formula is C16H20ClN3O. The molecule has 0 saturated carbocycles. The fourth-order valence-corrected chi connectivity index (χ4v) is 2.81. The Labute approximate surface area is 130 Å². The third kappa shape index (κ3) is 2.87. The highest BCUT2D eigenvalue weighted by atomic mass is 35.5. The number of nitrogens with two attached hydrogens (primary N) is 1. The molecule has 1 aliphatic heterocycles. The van der Waals surface area contributed by atoms with Crippen molar-refractivity contribution in [2.45, 2.75) is 19.9 Å². The minimum atomic E-state index is 0. The van der Waals surface area contributed by atoms with Crippen molar-refractivity contribution in [2.24, 2.45) is 11.7 Å². The van der Waals surface area contributed by atoms with Crippen molar-refractivity contribution in [1.29, 1.82) is 0 Å². The number of carbonyl (C=O) groups is 1. The second kappa shape index (κ2) is 6.00. The van der Waals surface area contributed by atoms with Gasteiger partial charge < -0.3 is 10.6 Å². The van der Waals surface area contributed by atoms with Crippen LogP contribution in [0, 0.1) is 12.8 Å². The van der Waals surface area contributed by atoms with E-state index in [4.69, 9.17) is 5.73 Å². The van der Waals surface area contributed by atoms with E-state index in [0.29, 0.717) is 12.5 Å². The van der Waals surface area contributed by atoms with Crippen LogP contribution in [0.25, 0.3) is 10.9 Å². The normalized spacial score (nSPS) is 21.4. The molecular weight excluding hydrogens is 286 g/mol. The molecule has 0 aliphatic carbocycles. The summed E-state index contributed by atoms with van der Waals surface area (Å²) in [6, 6.07) is 9.73. The average molecular weight is 306 g/mol. The van der Waals surface area contributed by atoms with Gasteiger partial charge in [0.15, 0.2) is 0 Å². The van der Waals surface area contributed by atoms with Crippen molar-refractivity contribution in [3.63, 3.8) is 0 Å². The second-order valence-electron chi connectivity index (χ2n) is 5.68. The van der Waals surface area contributed by atoms with Gasteiger partial charge in [0.05, 0.1) is 11.1 Å². The summed E-state index contributed by atoms with van der Waals surface area (Å²) in [6.45, 7) is 5.38. The van der Waals surface area contributed by atoms with Gasteiger partial charge in [0.25, 0.3) is 5.91 Å². The van der Waals surface area contributed by atoms with Gasteiger partial charge in [-0.05, 0) is 25.0 Å². The van der Waals surface area contributed by atoms with E-state index in [1.807, 2.05) is 42.2 Å². The predicted molar refractivity (Wildman–Crippen MR) is 86.8 cm³/mol. The van der Waals surface area contributed by atoms with Crippen LogP contribution in [0.5, 0.6) is 0 Å². The molecule has 0 bridgehead atoms.